The molecule has 0 N–H and O–H groups in total. The maximum absolute atomic E-state index is 4.51. The minimum absolute atomic E-state index is 0.866. The molecule has 0 aromatic rings. The van der Waals surface area contributed by atoms with Gasteiger partial charge in [-0.15, -0.1) is 0 Å². The quantitative estimate of drug-likeness (QED) is 0.336. The zero-order valence-electron chi connectivity index (χ0n) is 6.86. The summed E-state index contributed by atoms with van der Waals surface area (Å²) >= 11 is 0. The Balaban J connectivity index is 1.91. The van der Waals surface area contributed by atoms with Gasteiger partial charge in [-0.05, 0) is 25.2 Å². The van der Waals surface area contributed by atoms with Crippen molar-refractivity contribution in [1.82, 2.24) is 0 Å². The van der Waals surface area contributed by atoms with Crippen molar-refractivity contribution in [2.75, 3.05) is 7.11 Å². The van der Waals surface area contributed by atoms with E-state index in [0.717, 1.165) is 12.3 Å². The summed E-state index contributed by atoms with van der Waals surface area (Å²) in [7, 11) is 1.55. The monoisotopic (exact) mass is 152 g/mol. The fourth-order valence-electron chi connectivity index (χ4n) is 0.834. The second-order valence-corrected chi connectivity index (χ2v) is 2.64. The van der Waals surface area contributed by atoms with Crippen LogP contribution in [0.5, 0.6) is 0 Å². The molecule has 0 spiro atoms. The van der Waals surface area contributed by atoms with Crippen LogP contribution in [0.4, 0.5) is 0 Å². The first kappa shape index (κ1) is 8.31. The van der Waals surface area contributed by atoms with Gasteiger partial charge in [0.15, 0.2) is 0 Å². The summed E-state index contributed by atoms with van der Waals surface area (Å²) in [5.74, 6) is 0.866. The highest BCUT2D eigenvalue weighted by atomic mass is 16.6. The number of hydrogen-bond donors (Lipinski definition) is 0. The van der Waals surface area contributed by atoms with Gasteiger partial charge in [-0.2, -0.15) is 0 Å². The predicted molar refractivity (Wildman–Crippen MR) is 46.3 cm³/mol. The van der Waals surface area contributed by atoms with E-state index in [-0.39, 0.29) is 0 Å². The van der Waals surface area contributed by atoms with Crippen molar-refractivity contribution in [3.05, 3.63) is 18.6 Å². The van der Waals surface area contributed by atoms with E-state index in [9.17, 15) is 0 Å². The largest absolute Gasteiger partial charge is 0.399 e. The Morgan fingerprint density at radius 3 is 3.09 bits per heavy atom. The Morgan fingerprint density at radius 2 is 2.45 bits per heavy atom. The van der Waals surface area contributed by atoms with Gasteiger partial charge in [-0.1, -0.05) is 17.3 Å². The van der Waals surface area contributed by atoms with Crippen molar-refractivity contribution in [3.8, 4) is 0 Å². The van der Waals surface area contributed by atoms with Crippen molar-refractivity contribution < 1.29 is 4.84 Å². The molecule has 11 heavy (non-hydrogen) atoms. The molecular formula is C9H14NO. The van der Waals surface area contributed by atoms with Gasteiger partial charge in [-0.25, -0.2) is 0 Å². The molecule has 0 aliphatic heterocycles. The van der Waals surface area contributed by atoms with E-state index in [4.69, 9.17) is 0 Å². The Kier molecular flexibility index (Phi) is 3.73. The van der Waals surface area contributed by atoms with E-state index < -0.39 is 0 Å². The van der Waals surface area contributed by atoms with Crippen molar-refractivity contribution in [2.24, 2.45) is 11.1 Å². The highest BCUT2D eigenvalue weighted by Gasteiger charge is 2.19. The topological polar surface area (TPSA) is 21.6 Å². The summed E-state index contributed by atoms with van der Waals surface area (Å²) in [6.45, 7) is 0. The molecule has 0 saturated heterocycles. The van der Waals surface area contributed by atoms with Gasteiger partial charge in [0.1, 0.15) is 7.11 Å². The van der Waals surface area contributed by atoms with Crippen molar-refractivity contribution >= 4 is 6.21 Å². The third-order valence-corrected chi connectivity index (χ3v) is 1.60. The smallest absolute Gasteiger partial charge is 0.106 e. The summed E-state index contributed by atoms with van der Waals surface area (Å²) < 4.78 is 0. The van der Waals surface area contributed by atoms with Gasteiger partial charge >= 0.3 is 0 Å². The van der Waals surface area contributed by atoms with Crippen molar-refractivity contribution in [2.45, 2.75) is 19.3 Å². The SMILES string of the molecule is CON=CCC=CCC1[CH]C1. The Morgan fingerprint density at radius 1 is 1.64 bits per heavy atom. The van der Waals surface area contributed by atoms with Gasteiger partial charge in [0.2, 0.25) is 0 Å². The standard InChI is InChI=1S/C9H14NO/c1-11-10-8-4-2-3-5-9-6-7-9/h2-3,6,8-9H,4-5,7H2,1H3. The molecule has 1 unspecified atom stereocenters. The second-order valence-electron chi connectivity index (χ2n) is 2.64. The van der Waals surface area contributed by atoms with Crippen molar-refractivity contribution in [1.29, 1.82) is 0 Å². The van der Waals surface area contributed by atoms with Crippen LogP contribution in [0.25, 0.3) is 0 Å². The molecule has 1 rings (SSSR count). The van der Waals surface area contributed by atoms with Gasteiger partial charge in [-0.3, -0.25) is 0 Å². The first-order chi connectivity index (χ1) is 5.43. The second kappa shape index (κ2) is 4.94. The number of nitrogens with zero attached hydrogens (tertiary/aromatic N) is 1. The van der Waals surface area contributed by atoms with E-state index in [1.807, 2.05) is 0 Å². The fraction of sp³-hybridized carbons (Fsp3) is 0.556. The van der Waals surface area contributed by atoms with E-state index in [1.165, 1.54) is 12.8 Å². The molecule has 1 aliphatic carbocycles. The molecule has 0 bridgehead atoms. The molecule has 2 heteroatoms. The summed E-state index contributed by atoms with van der Waals surface area (Å²) in [4.78, 5) is 4.51. The summed E-state index contributed by atoms with van der Waals surface area (Å²) in [6.07, 6.45) is 11.8. The lowest BCUT2D eigenvalue weighted by Crippen LogP contribution is -1.73. The third-order valence-electron chi connectivity index (χ3n) is 1.60. The van der Waals surface area contributed by atoms with E-state index in [0.29, 0.717) is 0 Å². The van der Waals surface area contributed by atoms with Crippen LogP contribution in [0.1, 0.15) is 19.3 Å². The van der Waals surface area contributed by atoms with Gasteiger partial charge < -0.3 is 4.84 Å². The van der Waals surface area contributed by atoms with E-state index in [2.05, 4.69) is 28.6 Å². The number of hydrogen-bond acceptors (Lipinski definition) is 2. The molecule has 1 aliphatic rings. The van der Waals surface area contributed by atoms with Crippen LogP contribution >= 0.6 is 0 Å². The molecule has 0 heterocycles. The lowest BCUT2D eigenvalue weighted by Gasteiger charge is -1.85. The Bertz CT molecular complexity index is 148. The van der Waals surface area contributed by atoms with Gasteiger partial charge in [0.05, 0.1) is 0 Å². The molecule has 0 amide bonds. The van der Waals surface area contributed by atoms with Crippen LogP contribution in [-0.2, 0) is 4.84 Å². The Labute approximate surface area is 67.9 Å². The lowest BCUT2D eigenvalue weighted by atomic mass is 10.2. The molecule has 0 aromatic heterocycles. The third kappa shape index (κ3) is 4.59. The zero-order valence-corrected chi connectivity index (χ0v) is 6.86. The van der Waals surface area contributed by atoms with E-state index >= 15 is 0 Å². The molecular weight excluding hydrogens is 138 g/mol. The number of allylic oxidation sites excluding steroid dienone is 2. The first-order valence-electron chi connectivity index (χ1n) is 3.97. The van der Waals surface area contributed by atoms with Crippen LogP contribution in [-0.4, -0.2) is 13.3 Å². The average Bonchev–Trinajstić information content (AvgIpc) is 2.80. The van der Waals surface area contributed by atoms with Gasteiger partial charge in [0.25, 0.3) is 0 Å². The molecule has 1 fully saturated rings. The Hall–Kier alpha value is -0.790. The minimum atomic E-state index is 0.866. The molecule has 0 aromatic carbocycles. The summed E-state index contributed by atoms with van der Waals surface area (Å²) in [5.41, 5.74) is 0. The normalized spacial score (nSPS) is 18.3. The summed E-state index contributed by atoms with van der Waals surface area (Å²) in [5, 5.41) is 3.62. The molecule has 61 valence electrons. The van der Waals surface area contributed by atoms with Crippen LogP contribution < -0.4 is 0 Å². The van der Waals surface area contributed by atoms with Crippen molar-refractivity contribution in [3.63, 3.8) is 0 Å². The highest BCUT2D eigenvalue weighted by Crippen LogP contribution is 2.30. The maximum Gasteiger partial charge on any atom is 0.106 e. The number of oxime groups is 1. The highest BCUT2D eigenvalue weighted by molar-refractivity contribution is 5.58. The van der Waals surface area contributed by atoms with E-state index in [1.54, 1.807) is 13.3 Å². The molecule has 1 atom stereocenters. The maximum atomic E-state index is 4.51. The van der Waals surface area contributed by atoms with Gasteiger partial charge in [0, 0.05) is 12.6 Å². The molecule has 1 radical (unpaired) electrons. The molecule has 1 saturated carbocycles. The fourth-order valence-corrected chi connectivity index (χ4v) is 0.834. The number of rotatable bonds is 5. The summed E-state index contributed by atoms with van der Waals surface area (Å²) in [6, 6.07) is 0. The predicted octanol–water partition coefficient (Wildman–Crippen LogP) is 2.18. The molecule has 2 nitrogen and oxygen atoms in total. The first-order valence-corrected chi connectivity index (χ1v) is 3.97. The van der Waals surface area contributed by atoms with Crippen LogP contribution in [0.2, 0.25) is 0 Å². The average molecular weight is 152 g/mol. The zero-order chi connectivity index (χ0) is 7.94. The minimum Gasteiger partial charge on any atom is -0.399 e. The van der Waals surface area contributed by atoms with Crippen LogP contribution in [0.3, 0.4) is 0 Å². The lowest BCUT2D eigenvalue weighted by molar-refractivity contribution is 0.215. The van der Waals surface area contributed by atoms with Crippen LogP contribution in [0, 0.1) is 12.3 Å². The van der Waals surface area contributed by atoms with Crippen LogP contribution in [0.15, 0.2) is 17.3 Å².